The van der Waals surface area contributed by atoms with E-state index < -0.39 is 0 Å². The van der Waals surface area contributed by atoms with Crippen molar-refractivity contribution in [2.75, 3.05) is 13.1 Å². The predicted molar refractivity (Wildman–Crippen MR) is 89.5 cm³/mol. The van der Waals surface area contributed by atoms with E-state index in [2.05, 4.69) is 29.5 Å². The molecule has 23 heavy (non-hydrogen) atoms. The predicted octanol–water partition coefficient (Wildman–Crippen LogP) is 2.30. The van der Waals surface area contributed by atoms with Gasteiger partial charge >= 0.3 is 0 Å². The lowest BCUT2D eigenvalue weighted by Crippen LogP contribution is -2.44. The van der Waals surface area contributed by atoms with E-state index in [4.69, 9.17) is 0 Å². The molecule has 2 fully saturated rings. The average Bonchev–Trinajstić information content (AvgIpc) is 3.18. The summed E-state index contributed by atoms with van der Waals surface area (Å²) in [7, 11) is 0. The first kappa shape index (κ1) is 16.4. The Hall–Kier alpha value is -1.43. The smallest absolute Gasteiger partial charge is 0.276 e. The summed E-state index contributed by atoms with van der Waals surface area (Å²) < 4.78 is 1.97. The monoisotopic (exact) mass is 319 g/mol. The molecule has 1 saturated carbocycles. The van der Waals surface area contributed by atoms with E-state index in [1.165, 1.54) is 12.8 Å². The lowest BCUT2D eigenvalue weighted by atomic mass is 10.1. The zero-order valence-electron chi connectivity index (χ0n) is 14.6. The lowest BCUT2D eigenvalue weighted by Gasteiger charge is -2.32. The first-order valence-electron chi connectivity index (χ1n) is 9.04. The van der Waals surface area contributed by atoms with Crippen LogP contribution in [0.1, 0.15) is 74.6 Å². The van der Waals surface area contributed by atoms with Crippen molar-refractivity contribution in [3.05, 3.63) is 11.4 Å². The standard InChI is InChI=1S/C17H29N5O/c1-12(2)21(14-6-4-5-7-14)17(23)16-13(3)22(20-19-16)15-8-10-18-11-9-15/h12,14-15,18H,4-11H2,1-3H3. The van der Waals surface area contributed by atoms with Gasteiger partial charge in [-0.15, -0.1) is 5.10 Å². The first-order chi connectivity index (χ1) is 11.1. The SMILES string of the molecule is Cc1c(C(=O)N(C(C)C)C2CCCC2)nnn1C1CCNCC1. The molecule has 1 aliphatic heterocycles. The van der Waals surface area contributed by atoms with Gasteiger partial charge in [0.05, 0.1) is 11.7 Å². The Morgan fingerprint density at radius 3 is 2.48 bits per heavy atom. The van der Waals surface area contributed by atoms with Gasteiger partial charge in [-0.3, -0.25) is 4.79 Å². The molecule has 128 valence electrons. The van der Waals surface area contributed by atoms with Crippen molar-refractivity contribution >= 4 is 5.91 Å². The van der Waals surface area contributed by atoms with Crippen LogP contribution in [-0.4, -0.2) is 51.0 Å². The minimum Gasteiger partial charge on any atom is -0.332 e. The molecule has 1 N–H and O–H groups in total. The zero-order valence-corrected chi connectivity index (χ0v) is 14.6. The minimum absolute atomic E-state index is 0.0598. The average molecular weight is 319 g/mol. The highest BCUT2D eigenvalue weighted by Gasteiger charge is 2.32. The molecule has 3 rings (SSSR count). The maximum atomic E-state index is 13.1. The van der Waals surface area contributed by atoms with Gasteiger partial charge in [-0.2, -0.15) is 0 Å². The van der Waals surface area contributed by atoms with Crippen LogP contribution in [0.5, 0.6) is 0 Å². The summed E-state index contributed by atoms with van der Waals surface area (Å²) >= 11 is 0. The highest BCUT2D eigenvalue weighted by Crippen LogP contribution is 2.27. The summed E-state index contributed by atoms with van der Waals surface area (Å²) in [5, 5.41) is 12.0. The molecule has 1 amide bonds. The third-order valence-corrected chi connectivity index (χ3v) is 5.29. The summed E-state index contributed by atoms with van der Waals surface area (Å²) in [4.78, 5) is 15.1. The van der Waals surface area contributed by atoms with Crippen molar-refractivity contribution < 1.29 is 4.79 Å². The third-order valence-electron chi connectivity index (χ3n) is 5.29. The number of nitrogens with one attached hydrogen (secondary N) is 1. The fourth-order valence-corrected chi connectivity index (χ4v) is 4.06. The Morgan fingerprint density at radius 1 is 1.22 bits per heavy atom. The van der Waals surface area contributed by atoms with Crippen LogP contribution in [0.2, 0.25) is 0 Å². The summed E-state index contributed by atoms with van der Waals surface area (Å²) in [5.41, 5.74) is 1.47. The van der Waals surface area contributed by atoms with Crippen molar-refractivity contribution in [1.29, 1.82) is 0 Å². The molecule has 1 saturated heterocycles. The van der Waals surface area contributed by atoms with E-state index in [9.17, 15) is 4.79 Å². The fraction of sp³-hybridized carbons (Fsp3) is 0.824. The number of aromatic nitrogens is 3. The molecule has 6 heteroatoms. The van der Waals surface area contributed by atoms with Gasteiger partial charge < -0.3 is 10.2 Å². The van der Waals surface area contributed by atoms with Gasteiger partial charge in [-0.25, -0.2) is 4.68 Å². The largest absolute Gasteiger partial charge is 0.332 e. The van der Waals surface area contributed by atoms with Gasteiger partial charge in [-0.05, 0) is 59.5 Å². The van der Waals surface area contributed by atoms with E-state index >= 15 is 0 Å². The fourth-order valence-electron chi connectivity index (χ4n) is 4.06. The minimum atomic E-state index is 0.0598. The molecular weight excluding hydrogens is 290 g/mol. The summed E-state index contributed by atoms with van der Waals surface area (Å²) in [6.07, 6.45) is 6.78. The zero-order chi connectivity index (χ0) is 16.4. The van der Waals surface area contributed by atoms with Crippen molar-refractivity contribution in [2.24, 2.45) is 0 Å². The number of hydrogen-bond donors (Lipinski definition) is 1. The number of rotatable bonds is 4. The summed E-state index contributed by atoms with van der Waals surface area (Å²) in [6, 6.07) is 0.934. The Labute approximate surface area is 138 Å². The van der Waals surface area contributed by atoms with Gasteiger partial charge in [0.15, 0.2) is 5.69 Å². The maximum absolute atomic E-state index is 13.1. The van der Waals surface area contributed by atoms with Crippen LogP contribution in [0.25, 0.3) is 0 Å². The molecule has 0 bridgehead atoms. The second-order valence-corrected chi connectivity index (χ2v) is 7.19. The Morgan fingerprint density at radius 2 is 1.87 bits per heavy atom. The first-order valence-corrected chi connectivity index (χ1v) is 9.04. The topological polar surface area (TPSA) is 63.1 Å². The number of piperidine rings is 1. The molecule has 6 nitrogen and oxygen atoms in total. The molecule has 0 radical (unpaired) electrons. The van der Waals surface area contributed by atoms with Gasteiger partial charge in [0.25, 0.3) is 5.91 Å². The number of carbonyl (C=O) groups is 1. The molecule has 1 aromatic rings. The second-order valence-electron chi connectivity index (χ2n) is 7.19. The van der Waals surface area contributed by atoms with Gasteiger partial charge in [-0.1, -0.05) is 18.1 Å². The number of hydrogen-bond acceptors (Lipinski definition) is 4. The van der Waals surface area contributed by atoms with E-state index in [0.29, 0.717) is 17.8 Å². The van der Waals surface area contributed by atoms with E-state index in [1.54, 1.807) is 0 Å². The normalized spacial score (nSPS) is 20.3. The quantitative estimate of drug-likeness (QED) is 0.925. The number of amides is 1. The van der Waals surface area contributed by atoms with Crippen LogP contribution < -0.4 is 5.32 Å². The van der Waals surface area contributed by atoms with Crippen LogP contribution in [0.4, 0.5) is 0 Å². The molecule has 1 aliphatic carbocycles. The van der Waals surface area contributed by atoms with Crippen LogP contribution in [0, 0.1) is 6.92 Å². The second kappa shape index (κ2) is 6.99. The molecular formula is C17H29N5O. The van der Waals surface area contributed by atoms with Crippen LogP contribution >= 0.6 is 0 Å². The van der Waals surface area contributed by atoms with Crippen molar-refractivity contribution in [2.45, 2.75) is 77.4 Å². The van der Waals surface area contributed by atoms with Gasteiger partial charge in [0, 0.05) is 12.1 Å². The van der Waals surface area contributed by atoms with Crippen LogP contribution in [0.3, 0.4) is 0 Å². The molecule has 0 spiro atoms. The molecule has 1 aromatic heterocycles. The molecule has 0 unspecified atom stereocenters. The number of carbonyl (C=O) groups excluding carboxylic acids is 1. The van der Waals surface area contributed by atoms with Crippen molar-refractivity contribution in [3.8, 4) is 0 Å². The Bertz CT molecular complexity index is 541. The number of nitrogens with zero attached hydrogens (tertiary/aromatic N) is 4. The lowest BCUT2D eigenvalue weighted by molar-refractivity contribution is 0.0606. The third kappa shape index (κ3) is 3.27. The van der Waals surface area contributed by atoms with E-state index in [-0.39, 0.29) is 11.9 Å². The molecule has 0 aromatic carbocycles. The summed E-state index contributed by atoms with van der Waals surface area (Å²) in [6.45, 7) is 8.20. The van der Waals surface area contributed by atoms with Gasteiger partial charge in [0.2, 0.25) is 0 Å². The highest BCUT2D eigenvalue weighted by atomic mass is 16.2. The van der Waals surface area contributed by atoms with E-state index in [0.717, 1.165) is 44.5 Å². The van der Waals surface area contributed by atoms with Crippen molar-refractivity contribution in [1.82, 2.24) is 25.2 Å². The van der Waals surface area contributed by atoms with E-state index in [1.807, 2.05) is 16.5 Å². The van der Waals surface area contributed by atoms with Crippen molar-refractivity contribution in [3.63, 3.8) is 0 Å². The molecule has 2 heterocycles. The summed E-state index contributed by atoms with van der Waals surface area (Å²) in [5.74, 6) is 0.0598. The Kier molecular flexibility index (Phi) is 4.99. The maximum Gasteiger partial charge on any atom is 0.276 e. The van der Waals surface area contributed by atoms with Crippen LogP contribution in [0.15, 0.2) is 0 Å². The van der Waals surface area contributed by atoms with Gasteiger partial charge in [0.1, 0.15) is 0 Å². The van der Waals surface area contributed by atoms with Crippen LogP contribution in [-0.2, 0) is 0 Å². The molecule has 2 aliphatic rings. The highest BCUT2D eigenvalue weighted by molar-refractivity contribution is 5.93. The molecule has 0 atom stereocenters. The Balaban J connectivity index is 1.82.